The normalized spacial score (nSPS) is 32.3. The molecule has 5 heteroatoms. The van der Waals surface area contributed by atoms with Gasteiger partial charge in [0.1, 0.15) is 11.5 Å². The number of furan rings is 1. The van der Waals surface area contributed by atoms with Crippen molar-refractivity contribution < 1.29 is 9.21 Å². The predicted molar refractivity (Wildman–Crippen MR) is 113 cm³/mol. The summed E-state index contributed by atoms with van der Waals surface area (Å²) in [4.78, 5) is 21.1. The van der Waals surface area contributed by atoms with Crippen LogP contribution in [0.4, 0.5) is 0 Å². The van der Waals surface area contributed by atoms with Gasteiger partial charge >= 0.3 is 0 Å². The first-order valence-corrected chi connectivity index (χ1v) is 11.8. The molecular formula is C24H37N3O2. The Bertz CT molecular complexity index is 745. The molecule has 29 heavy (non-hydrogen) atoms. The molecule has 5 rings (SSSR count). The molecule has 5 nitrogen and oxygen atoms in total. The number of nitrogens with zero attached hydrogens (tertiary/aromatic N) is 3. The first-order valence-electron chi connectivity index (χ1n) is 11.8. The summed E-state index contributed by atoms with van der Waals surface area (Å²) in [5, 5.41) is 0. The molecule has 1 amide bonds. The van der Waals surface area contributed by atoms with E-state index in [1.54, 1.807) is 0 Å². The third-order valence-corrected chi connectivity index (χ3v) is 8.72. The monoisotopic (exact) mass is 399 g/mol. The van der Waals surface area contributed by atoms with Gasteiger partial charge in [0.15, 0.2) is 0 Å². The number of aryl methyl sites for hydroxylation is 1. The number of hydrogen-bond donors (Lipinski definition) is 0. The van der Waals surface area contributed by atoms with Crippen molar-refractivity contribution in [2.24, 2.45) is 16.7 Å². The number of hydrogen-bond acceptors (Lipinski definition) is 4. The van der Waals surface area contributed by atoms with Gasteiger partial charge in [-0.3, -0.25) is 9.69 Å². The Balaban J connectivity index is 1.32. The Kier molecular flexibility index (Phi) is 5.02. The smallest absolute Gasteiger partial charge is 0.230 e. The van der Waals surface area contributed by atoms with Gasteiger partial charge in [-0.2, -0.15) is 0 Å². The largest absolute Gasteiger partial charge is 0.465 e. The SMILES string of the molecule is CCN1C[C@@H]2C3(CCN(Cc4ccc(C)o4)CC3)CC[C@]2(C(=O)N2CCCC2)C1. The van der Waals surface area contributed by atoms with Crippen molar-refractivity contribution >= 4 is 5.91 Å². The standard InChI is InChI=1S/C24H37N3O2/c1-3-25-17-21-23(8-9-24(21,18-25)22(28)27-12-4-5-13-27)10-14-26(15-11-23)16-20-7-6-19(2)29-20/h6-7,21H,3-5,8-18H2,1-2H3/t21-,24+/m1/s1. The number of amides is 1. The zero-order valence-electron chi connectivity index (χ0n) is 18.3. The van der Waals surface area contributed by atoms with Crippen molar-refractivity contribution in [3.8, 4) is 0 Å². The van der Waals surface area contributed by atoms with E-state index < -0.39 is 0 Å². The van der Waals surface area contributed by atoms with Crippen LogP contribution in [0.15, 0.2) is 16.5 Å². The maximum absolute atomic E-state index is 13.7. The van der Waals surface area contributed by atoms with Crippen molar-refractivity contribution in [3.63, 3.8) is 0 Å². The van der Waals surface area contributed by atoms with Gasteiger partial charge in [-0.05, 0) is 88.5 Å². The summed E-state index contributed by atoms with van der Waals surface area (Å²) in [6, 6.07) is 4.18. The van der Waals surface area contributed by atoms with Gasteiger partial charge in [-0.25, -0.2) is 0 Å². The number of likely N-dealkylation sites (tertiary alicyclic amines) is 3. The van der Waals surface area contributed by atoms with Crippen LogP contribution in [0.3, 0.4) is 0 Å². The Morgan fingerprint density at radius 1 is 1.07 bits per heavy atom. The second-order valence-corrected chi connectivity index (χ2v) is 10.2. The molecule has 1 aliphatic carbocycles. The molecule has 3 saturated heterocycles. The first-order chi connectivity index (χ1) is 14.0. The average molecular weight is 400 g/mol. The average Bonchev–Trinajstić information content (AvgIpc) is 3.50. The lowest BCUT2D eigenvalue weighted by atomic mass is 9.65. The number of carbonyl (C=O) groups is 1. The number of piperidine rings is 1. The van der Waals surface area contributed by atoms with Crippen LogP contribution in [0, 0.1) is 23.7 Å². The zero-order chi connectivity index (χ0) is 20.1. The van der Waals surface area contributed by atoms with Crippen LogP contribution in [0.25, 0.3) is 0 Å². The van der Waals surface area contributed by atoms with E-state index in [-0.39, 0.29) is 5.41 Å². The molecule has 4 heterocycles. The molecule has 0 aromatic carbocycles. The summed E-state index contributed by atoms with van der Waals surface area (Å²) in [5.41, 5.74) is 0.273. The molecule has 0 unspecified atom stereocenters. The molecule has 2 atom stereocenters. The molecule has 4 aliphatic rings. The quantitative estimate of drug-likeness (QED) is 0.777. The Labute approximate surface area is 175 Å². The van der Waals surface area contributed by atoms with Crippen LogP contribution >= 0.6 is 0 Å². The summed E-state index contributed by atoms with van der Waals surface area (Å²) in [5.74, 6) is 3.14. The van der Waals surface area contributed by atoms with Crippen LogP contribution in [-0.4, -0.2) is 66.4 Å². The van der Waals surface area contributed by atoms with Gasteiger partial charge in [0.05, 0.1) is 12.0 Å². The molecule has 1 saturated carbocycles. The molecule has 1 aromatic rings. The van der Waals surface area contributed by atoms with Crippen molar-refractivity contribution in [2.45, 2.75) is 58.9 Å². The third-order valence-electron chi connectivity index (χ3n) is 8.72. The molecule has 3 aliphatic heterocycles. The molecular weight excluding hydrogens is 362 g/mol. The van der Waals surface area contributed by atoms with Crippen LogP contribution in [-0.2, 0) is 11.3 Å². The predicted octanol–water partition coefficient (Wildman–Crippen LogP) is 3.52. The summed E-state index contributed by atoms with van der Waals surface area (Å²) < 4.78 is 5.81. The lowest BCUT2D eigenvalue weighted by Gasteiger charge is -2.44. The highest BCUT2D eigenvalue weighted by atomic mass is 16.3. The van der Waals surface area contributed by atoms with E-state index in [2.05, 4.69) is 33.8 Å². The molecule has 0 bridgehead atoms. The van der Waals surface area contributed by atoms with Gasteiger partial charge in [0, 0.05) is 26.2 Å². The van der Waals surface area contributed by atoms with Gasteiger partial charge < -0.3 is 14.2 Å². The van der Waals surface area contributed by atoms with E-state index in [0.717, 1.165) is 70.3 Å². The molecule has 4 fully saturated rings. The van der Waals surface area contributed by atoms with Crippen LogP contribution in [0.1, 0.15) is 57.0 Å². The number of rotatable bonds is 4. The van der Waals surface area contributed by atoms with E-state index in [1.165, 1.54) is 32.1 Å². The minimum Gasteiger partial charge on any atom is -0.465 e. The van der Waals surface area contributed by atoms with Crippen molar-refractivity contribution in [2.75, 3.05) is 45.8 Å². The maximum Gasteiger partial charge on any atom is 0.230 e. The highest BCUT2D eigenvalue weighted by Gasteiger charge is 2.64. The fourth-order valence-corrected chi connectivity index (χ4v) is 7.03. The first kappa shape index (κ1) is 19.6. The summed E-state index contributed by atoms with van der Waals surface area (Å²) in [6.45, 7) is 12.7. The van der Waals surface area contributed by atoms with E-state index >= 15 is 0 Å². The molecule has 160 valence electrons. The minimum absolute atomic E-state index is 0.0966. The zero-order valence-corrected chi connectivity index (χ0v) is 18.3. The van der Waals surface area contributed by atoms with E-state index in [9.17, 15) is 4.79 Å². The van der Waals surface area contributed by atoms with Crippen LogP contribution in [0.2, 0.25) is 0 Å². The lowest BCUT2D eigenvalue weighted by molar-refractivity contribution is -0.143. The molecule has 0 radical (unpaired) electrons. The maximum atomic E-state index is 13.7. The highest BCUT2D eigenvalue weighted by Crippen LogP contribution is 2.62. The van der Waals surface area contributed by atoms with E-state index in [1.807, 2.05) is 6.92 Å². The molecule has 0 N–H and O–H groups in total. The van der Waals surface area contributed by atoms with E-state index in [4.69, 9.17) is 4.42 Å². The van der Waals surface area contributed by atoms with Crippen molar-refractivity contribution in [1.82, 2.24) is 14.7 Å². The fraction of sp³-hybridized carbons (Fsp3) is 0.792. The van der Waals surface area contributed by atoms with E-state index in [0.29, 0.717) is 17.2 Å². The fourth-order valence-electron chi connectivity index (χ4n) is 7.03. The second-order valence-electron chi connectivity index (χ2n) is 10.2. The van der Waals surface area contributed by atoms with Crippen LogP contribution < -0.4 is 0 Å². The van der Waals surface area contributed by atoms with Gasteiger partial charge in [0.2, 0.25) is 5.91 Å². The second kappa shape index (κ2) is 7.42. The van der Waals surface area contributed by atoms with Gasteiger partial charge in [-0.15, -0.1) is 0 Å². The van der Waals surface area contributed by atoms with Crippen molar-refractivity contribution in [3.05, 3.63) is 23.7 Å². The number of fused-ring (bicyclic) bond motifs is 2. The Morgan fingerprint density at radius 3 is 2.48 bits per heavy atom. The molecule has 1 aromatic heterocycles. The minimum atomic E-state index is -0.0966. The van der Waals surface area contributed by atoms with Crippen LogP contribution in [0.5, 0.6) is 0 Å². The van der Waals surface area contributed by atoms with Gasteiger partial charge in [-0.1, -0.05) is 6.92 Å². The lowest BCUT2D eigenvalue weighted by Crippen LogP contribution is -2.49. The van der Waals surface area contributed by atoms with Crippen molar-refractivity contribution in [1.29, 1.82) is 0 Å². The summed E-state index contributed by atoms with van der Waals surface area (Å²) in [7, 11) is 0. The third kappa shape index (κ3) is 3.25. The Morgan fingerprint density at radius 2 is 1.83 bits per heavy atom. The highest BCUT2D eigenvalue weighted by molar-refractivity contribution is 5.84. The topological polar surface area (TPSA) is 39.9 Å². The van der Waals surface area contributed by atoms with Gasteiger partial charge in [0.25, 0.3) is 0 Å². The molecule has 1 spiro atoms. The summed E-state index contributed by atoms with van der Waals surface area (Å²) in [6.07, 6.45) is 7.23. The number of carbonyl (C=O) groups excluding carboxylic acids is 1. The Hall–Kier alpha value is -1.33. The summed E-state index contributed by atoms with van der Waals surface area (Å²) >= 11 is 0.